The Hall–Kier alpha value is -2.75. The molecule has 0 radical (unpaired) electrons. The number of sulfone groups is 1. The molecule has 0 N–H and O–H groups in total. The SMILES string of the molecule is COCCN(CCOC)C(=O)Cn1cc(S(=O)(=O)Cc2cccc(F)c2)c2ccccc21. The van der Waals surface area contributed by atoms with Crippen LogP contribution in [0.3, 0.4) is 0 Å². The van der Waals surface area contributed by atoms with Gasteiger partial charge in [-0.2, -0.15) is 0 Å². The van der Waals surface area contributed by atoms with Gasteiger partial charge in [0.15, 0.2) is 9.84 Å². The first-order valence-corrected chi connectivity index (χ1v) is 11.8. The lowest BCUT2D eigenvalue weighted by Crippen LogP contribution is -2.38. The molecule has 0 bridgehead atoms. The second-order valence-corrected chi connectivity index (χ2v) is 9.35. The minimum atomic E-state index is -3.77. The van der Waals surface area contributed by atoms with Gasteiger partial charge in [-0.1, -0.05) is 30.3 Å². The van der Waals surface area contributed by atoms with Gasteiger partial charge in [0.1, 0.15) is 12.4 Å². The van der Waals surface area contributed by atoms with Crippen LogP contribution >= 0.6 is 0 Å². The highest BCUT2D eigenvalue weighted by Crippen LogP contribution is 2.28. The summed E-state index contributed by atoms with van der Waals surface area (Å²) in [6.07, 6.45) is 1.49. The fourth-order valence-electron chi connectivity index (χ4n) is 3.53. The third-order valence-corrected chi connectivity index (χ3v) is 6.83. The Balaban J connectivity index is 1.92. The molecule has 2 aromatic carbocycles. The number of fused-ring (bicyclic) bond motifs is 1. The van der Waals surface area contributed by atoms with Crippen molar-refractivity contribution in [3.05, 3.63) is 66.1 Å². The van der Waals surface area contributed by atoms with Gasteiger partial charge in [-0.3, -0.25) is 4.79 Å². The van der Waals surface area contributed by atoms with Gasteiger partial charge in [0.05, 0.1) is 23.9 Å². The summed E-state index contributed by atoms with van der Waals surface area (Å²) in [6.45, 7) is 1.55. The third-order valence-electron chi connectivity index (χ3n) is 5.12. The molecule has 3 aromatic rings. The molecule has 0 aliphatic carbocycles. The van der Waals surface area contributed by atoms with Crippen molar-refractivity contribution in [3.8, 4) is 0 Å². The molecule has 3 rings (SSSR count). The van der Waals surface area contributed by atoms with Crippen molar-refractivity contribution in [3.63, 3.8) is 0 Å². The van der Waals surface area contributed by atoms with Crippen LogP contribution < -0.4 is 0 Å². The number of rotatable bonds is 11. The number of carbonyl (C=O) groups is 1. The Morgan fingerprint density at radius 1 is 1.03 bits per heavy atom. The predicted molar refractivity (Wildman–Crippen MR) is 120 cm³/mol. The number of hydrogen-bond acceptors (Lipinski definition) is 5. The van der Waals surface area contributed by atoms with Gasteiger partial charge in [0.2, 0.25) is 5.91 Å². The zero-order chi connectivity index (χ0) is 23.1. The van der Waals surface area contributed by atoms with E-state index in [2.05, 4.69) is 0 Å². The van der Waals surface area contributed by atoms with Crippen LogP contribution in [0.15, 0.2) is 59.6 Å². The van der Waals surface area contributed by atoms with Crippen molar-refractivity contribution in [2.75, 3.05) is 40.5 Å². The Bertz CT molecular complexity index is 1170. The minimum Gasteiger partial charge on any atom is -0.383 e. The molecule has 32 heavy (non-hydrogen) atoms. The second kappa shape index (κ2) is 10.7. The number of para-hydroxylation sites is 1. The molecule has 0 atom stereocenters. The molecule has 0 aliphatic heterocycles. The predicted octanol–water partition coefficient (Wildman–Crippen LogP) is 2.88. The Morgan fingerprint density at radius 3 is 2.38 bits per heavy atom. The van der Waals surface area contributed by atoms with Crippen molar-refractivity contribution in [2.24, 2.45) is 0 Å². The van der Waals surface area contributed by atoms with Gasteiger partial charge < -0.3 is 18.9 Å². The maximum atomic E-state index is 13.5. The van der Waals surface area contributed by atoms with E-state index in [9.17, 15) is 17.6 Å². The Labute approximate surface area is 187 Å². The van der Waals surface area contributed by atoms with Gasteiger partial charge in [0, 0.05) is 44.4 Å². The molecule has 0 spiro atoms. The maximum Gasteiger partial charge on any atom is 0.242 e. The summed E-state index contributed by atoms with van der Waals surface area (Å²) in [5, 5.41) is 0.525. The van der Waals surface area contributed by atoms with Crippen molar-refractivity contribution < 1.29 is 27.1 Å². The monoisotopic (exact) mass is 462 g/mol. The highest BCUT2D eigenvalue weighted by Gasteiger charge is 2.23. The van der Waals surface area contributed by atoms with E-state index < -0.39 is 15.7 Å². The number of ether oxygens (including phenoxy) is 2. The number of benzene rings is 2. The van der Waals surface area contributed by atoms with Crippen LogP contribution in [0.1, 0.15) is 5.56 Å². The smallest absolute Gasteiger partial charge is 0.242 e. The first kappa shape index (κ1) is 23.9. The topological polar surface area (TPSA) is 77.8 Å². The van der Waals surface area contributed by atoms with E-state index in [0.717, 1.165) is 0 Å². The summed E-state index contributed by atoms with van der Waals surface area (Å²) in [5.74, 6) is -0.993. The molecular formula is C23H27FN2O5S. The highest BCUT2D eigenvalue weighted by molar-refractivity contribution is 7.90. The fraction of sp³-hybridized carbons (Fsp3) is 0.348. The van der Waals surface area contributed by atoms with Crippen molar-refractivity contribution in [1.29, 1.82) is 0 Å². The van der Waals surface area contributed by atoms with E-state index in [0.29, 0.717) is 42.8 Å². The van der Waals surface area contributed by atoms with Gasteiger partial charge in [-0.15, -0.1) is 0 Å². The molecule has 1 aromatic heterocycles. The van der Waals surface area contributed by atoms with Gasteiger partial charge in [-0.05, 0) is 23.8 Å². The average Bonchev–Trinajstić information content (AvgIpc) is 3.13. The number of aromatic nitrogens is 1. The lowest BCUT2D eigenvalue weighted by molar-refractivity contribution is -0.133. The molecule has 172 valence electrons. The van der Waals surface area contributed by atoms with E-state index in [1.165, 1.54) is 24.4 Å². The first-order valence-electron chi connectivity index (χ1n) is 10.2. The zero-order valence-electron chi connectivity index (χ0n) is 18.2. The molecule has 0 unspecified atom stereocenters. The summed E-state index contributed by atoms with van der Waals surface area (Å²) in [6, 6.07) is 12.6. The molecule has 0 fully saturated rings. The summed E-state index contributed by atoms with van der Waals surface area (Å²) in [4.78, 5) is 14.7. The standard InChI is InChI=1S/C23H27FN2O5S/c1-30-12-10-25(11-13-31-2)23(27)16-26-15-22(20-8-3-4-9-21(20)26)32(28,29)17-18-6-5-7-19(24)14-18/h3-9,14-15H,10-13,16-17H2,1-2H3. The number of halogens is 1. The largest absolute Gasteiger partial charge is 0.383 e. The first-order chi connectivity index (χ1) is 15.4. The average molecular weight is 463 g/mol. The van der Waals surface area contributed by atoms with Gasteiger partial charge >= 0.3 is 0 Å². The number of nitrogens with zero attached hydrogens (tertiary/aromatic N) is 2. The minimum absolute atomic E-state index is 0.0244. The van der Waals surface area contributed by atoms with E-state index in [1.54, 1.807) is 54.0 Å². The molecule has 0 saturated carbocycles. The van der Waals surface area contributed by atoms with Crippen LogP contribution in [0.25, 0.3) is 10.9 Å². The summed E-state index contributed by atoms with van der Waals surface area (Å²) in [5.41, 5.74) is 1.00. The third kappa shape index (κ3) is 5.73. The second-order valence-electron chi connectivity index (χ2n) is 7.39. The molecule has 7 nitrogen and oxygen atoms in total. The summed E-state index contributed by atoms with van der Waals surface area (Å²) in [7, 11) is -0.645. The Kier molecular flexibility index (Phi) is 8.00. The highest BCUT2D eigenvalue weighted by atomic mass is 32.2. The Morgan fingerprint density at radius 2 is 1.72 bits per heavy atom. The van der Waals surface area contributed by atoms with Crippen LogP contribution in [0.2, 0.25) is 0 Å². The molecule has 1 heterocycles. The van der Waals surface area contributed by atoms with Gasteiger partial charge in [-0.25, -0.2) is 12.8 Å². The van der Waals surface area contributed by atoms with Crippen LogP contribution in [-0.4, -0.2) is 64.3 Å². The number of hydrogen-bond donors (Lipinski definition) is 0. The van der Waals surface area contributed by atoms with E-state index in [4.69, 9.17) is 9.47 Å². The van der Waals surface area contributed by atoms with E-state index in [-0.39, 0.29) is 23.1 Å². The van der Waals surface area contributed by atoms with Crippen molar-refractivity contribution in [1.82, 2.24) is 9.47 Å². The number of amides is 1. The van der Waals surface area contributed by atoms with E-state index in [1.807, 2.05) is 0 Å². The molecule has 0 aliphatic rings. The van der Waals surface area contributed by atoms with Crippen LogP contribution in [0, 0.1) is 5.82 Å². The molecule has 9 heteroatoms. The normalized spacial score (nSPS) is 11.7. The van der Waals surface area contributed by atoms with Crippen molar-refractivity contribution in [2.45, 2.75) is 17.2 Å². The molecule has 1 amide bonds. The summed E-state index contributed by atoms with van der Waals surface area (Å²) >= 11 is 0. The van der Waals surface area contributed by atoms with E-state index >= 15 is 0 Å². The number of carbonyl (C=O) groups excluding carboxylic acids is 1. The maximum absolute atomic E-state index is 13.5. The lowest BCUT2D eigenvalue weighted by atomic mass is 10.2. The van der Waals surface area contributed by atoms with Crippen LogP contribution in [0.5, 0.6) is 0 Å². The fourth-order valence-corrected chi connectivity index (χ4v) is 5.09. The number of methoxy groups -OCH3 is 2. The quantitative estimate of drug-likeness (QED) is 0.438. The van der Waals surface area contributed by atoms with Gasteiger partial charge in [0.25, 0.3) is 0 Å². The molecule has 0 saturated heterocycles. The molecular weight excluding hydrogens is 435 g/mol. The van der Waals surface area contributed by atoms with Crippen molar-refractivity contribution >= 4 is 26.6 Å². The van der Waals surface area contributed by atoms with Crippen LogP contribution in [0.4, 0.5) is 4.39 Å². The lowest BCUT2D eigenvalue weighted by Gasteiger charge is -2.22. The zero-order valence-corrected chi connectivity index (χ0v) is 19.0. The summed E-state index contributed by atoms with van der Waals surface area (Å²) < 4.78 is 51.7. The van der Waals surface area contributed by atoms with Crippen LogP contribution in [-0.2, 0) is 36.4 Å².